The van der Waals surface area contributed by atoms with Crippen molar-refractivity contribution >= 4 is 28.6 Å². The first kappa shape index (κ1) is 16.0. The molecule has 0 spiro atoms. The van der Waals surface area contributed by atoms with Crippen LogP contribution >= 0.6 is 11.8 Å². The number of benzene rings is 1. The Labute approximate surface area is 138 Å². The fraction of sp³-hybridized carbons (Fsp3) is 0.438. The Morgan fingerprint density at radius 2 is 2.35 bits per heavy atom. The van der Waals surface area contributed by atoms with Crippen molar-refractivity contribution in [3.63, 3.8) is 0 Å². The number of rotatable bonds is 5. The largest absolute Gasteiger partial charge is 0.376 e. The van der Waals surface area contributed by atoms with Crippen molar-refractivity contribution in [2.75, 3.05) is 13.2 Å². The molecule has 0 bridgehead atoms. The van der Waals surface area contributed by atoms with Crippen molar-refractivity contribution < 1.29 is 9.53 Å². The van der Waals surface area contributed by atoms with Crippen LogP contribution in [0, 0.1) is 0 Å². The molecule has 2 heterocycles. The fourth-order valence-electron chi connectivity index (χ4n) is 2.51. The minimum atomic E-state index is -0.347. The van der Waals surface area contributed by atoms with E-state index in [0.29, 0.717) is 22.6 Å². The van der Waals surface area contributed by atoms with Crippen LogP contribution in [0.15, 0.2) is 34.2 Å². The van der Waals surface area contributed by atoms with E-state index in [1.54, 1.807) is 25.1 Å². The highest BCUT2D eigenvalue weighted by atomic mass is 32.2. The number of para-hydroxylation sites is 1. The summed E-state index contributed by atoms with van der Waals surface area (Å²) in [6.07, 6.45) is 2.16. The molecule has 3 rings (SSSR count). The summed E-state index contributed by atoms with van der Waals surface area (Å²) in [5.41, 5.74) is 0.441. The van der Waals surface area contributed by atoms with E-state index in [0.717, 1.165) is 19.4 Å². The van der Waals surface area contributed by atoms with Crippen molar-refractivity contribution in [1.29, 1.82) is 0 Å². The number of amides is 1. The number of hydrogen-bond acceptors (Lipinski definition) is 5. The molecule has 1 aliphatic rings. The molecule has 1 amide bonds. The van der Waals surface area contributed by atoms with Gasteiger partial charge in [0.25, 0.3) is 5.56 Å². The number of nitrogens with zero attached hydrogens (tertiary/aromatic N) is 1. The number of nitrogens with one attached hydrogen (secondary N) is 2. The molecule has 0 aliphatic carbocycles. The second-order valence-corrected chi connectivity index (χ2v) is 6.86. The zero-order valence-electron chi connectivity index (χ0n) is 12.9. The monoisotopic (exact) mass is 333 g/mol. The van der Waals surface area contributed by atoms with E-state index in [-0.39, 0.29) is 22.8 Å². The molecule has 1 aromatic carbocycles. The molecule has 122 valence electrons. The zero-order chi connectivity index (χ0) is 16.2. The second kappa shape index (κ2) is 7.14. The number of fused-ring (bicyclic) bond motifs is 1. The molecule has 1 fully saturated rings. The molecule has 1 saturated heterocycles. The molecule has 23 heavy (non-hydrogen) atoms. The van der Waals surface area contributed by atoms with E-state index >= 15 is 0 Å². The summed E-state index contributed by atoms with van der Waals surface area (Å²) in [6, 6.07) is 7.15. The summed E-state index contributed by atoms with van der Waals surface area (Å²) < 4.78 is 5.48. The second-order valence-electron chi connectivity index (χ2n) is 5.53. The van der Waals surface area contributed by atoms with E-state index < -0.39 is 0 Å². The van der Waals surface area contributed by atoms with Crippen molar-refractivity contribution in [3.8, 4) is 0 Å². The summed E-state index contributed by atoms with van der Waals surface area (Å²) in [4.78, 5) is 31.3. The number of H-pyrrole nitrogens is 1. The highest BCUT2D eigenvalue weighted by Crippen LogP contribution is 2.20. The first-order valence-electron chi connectivity index (χ1n) is 7.68. The van der Waals surface area contributed by atoms with Crippen LogP contribution in [0.25, 0.3) is 10.9 Å². The summed E-state index contributed by atoms with van der Waals surface area (Å²) in [5.74, 6) is -0.0821. The van der Waals surface area contributed by atoms with E-state index in [2.05, 4.69) is 15.3 Å². The topological polar surface area (TPSA) is 84.1 Å². The summed E-state index contributed by atoms with van der Waals surface area (Å²) in [5, 5.41) is 3.55. The number of carbonyl (C=O) groups is 1. The Kier molecular flexibility index (Phi) is 4.97. The first-order valence-corrected chi connectivity index (χ1v) is 8.56. The summed E-state index contributed by atoms with van der Waals surface area (Å²) >= 11 is 1.24. The van der Waals surface area contributed by atoms with Gasteiger partial charge in [0.1, 0.15) is 0 Å². The Bertz CT molecular complexity index is 756. The van der Waals surface area contributed by atoms with Crippen LogP contribution < -0.4 is 10.9 Å². The molecule has 7 heteroatoms. The van der Waals surface area contributed by atoms with Crippen LogP contribution in [0.1, 0.15) is 19.8 Å². The maximum absolute atomic E-state index is 12.1. The molecule has 2 atom stereocenters. The van der Waals surface area contributed by atoms with E-state index in [1.807, 2.05) is 6.07 Å². The maximum Gasteiger partial charge on any atom is 0.259 e. The lowest BCUT2D eigenvalue weighted by Gasteiger charge is -2.14. The SMILES string of the molecule is C[C@@H](Sc1nc2ccccc2c(=O)[nH]1)C(=O)NC[C@H]1CCCO1. The molecule has 6 nitrogen and oxygen atoms in total. The third-order valence-corrected chi connectivity index (χ3v) is 4.76. The highest BCUT2D eigenvalue weighted by molar-refractivity contribution is 8.00. The normalized spacial score (nSPS) is 18.9. The van der Waals surface area contributed by atoms with Crippen LogP contribution in [0.3, 0.4) is 0 Å². The number of aromatic amines is 1. The van der Waals surface area contributed by atoms with E-state index in [9.17, 15) is 9.59 Å². The quantitative estimate of drug-likeness (QED) is 0.643. The van der Waals surface area contributed by atoms with Crippen molar-refractivity contribution in [2.24, 2.45) is 0 Å². The van der Waals surface area contributed by atoms with Gasteiger partial charge in [0, 0.05) is 13.2 Å². The number of carbonyl (C=O) groups excluding carboxylic acids is 1. The highest BCUT2D eigenvalue weighted by Gasteiger charge is 2.20. The third kappa shape index (κ3) is 3.92. The molecule has 0 saturated carbocycles. The molecule has 1 aromatic heterocycles. The molecule has 2 N–H and O–H groups in total. The third-order valence-electron chi connectivity index (χ3n) is 3.78. The van der Waals surface area contributed by atoms with E-state index in [1.165, 1.54) is 11.8 Å². The summed E-state index contributed by atoms with van der Waals surface area (Å²) in [7, 11) is 0. The van der Waals surface area contributed by atoms with Gasteiger partial charge < -0.3 is 15.0 Å². The van der Waals surface area contributed by atoms with Gasteiger partial charge in [-0.1, -0.05) is 23.9 Å². The molecule has 0 unspecified atom stereocenters. The number of aromatic nitrogens is 2. The van der Waals surface area contributed by atoms with Gasteiger partial charge in [0.05, 0.1) is 22.3 Å². The number of thioether (sulfide) groups is 1. The lowest BCUT2D eigenvalue weighted by atomic mass is 10.2. The van der Waals surface area contributed by atoms with Crippen molar-refractivity contribution in [1.82, 2.24) is 15.3 Å². The van der Waals surface area contributed by atoms with Crippen molar-refractivity contribution in [2.45, 2.75) is 36.3 Å². The van der Waals surface area contributed by atoms with Crippen LogP contribution in [-0.4, -0.2) is 40.4 Å². The van der Waals surface area contributed by atoms with Gasteiger partial charge in [0.15, 0.2) is 5.16 Å². The van der Waals surface area contributed by atoms with Crippen LogP contribution in [0.2, 0.25) is 0 Å². The predicted molar refractivity (Wildman–Crippen MR) is 89.7 cm³/mol. The van der Waals surface area contributed by atoms with Crippen LogP contribution in [0.4, 0.5) is 0 Å². The Balaban J connectivity index is 1.63. The molecule has 0 radical (unpaired) electrons. The average Bonchev–Trinajstić information content (AvgIpc) is 3.06. The lowest BCUT2D eigenvalue weighted by molar-refractivity contribution is -0.120. The number of ether oxygens (including phenoxy) is 1. The average molecular weight is 333 g/mol. The lowest BCUT2D eigenvalue weighted by Crippen LogP contribution is -2.36. The first-order chi connectivity index (χ1) is 11.1. The van der Waals surface area contributed by atoms with Gasteiger partial charge in [-0.15, -0.1) is 0 Å². The number of hydrogen-bond donors (Lipinski definition) is 2. The molecular formula is C16H19N3O3S. The Hall–Kier alpha value is -1.86. The molecule has 2 aromatic rings. The van der Waals surface area contributed by atoms with Crippen molar-refractivity contribution in [3.05, 3.63) is 34.6 Å². The van der Waals surface area contributed by atoms with Gasteiger partial charge in [-0.25, -0.2) is 4.98 Å². The smallest absolute Gasteiger partial charge is 0.259 e. The molecule has 1 aliphatic heterocycles. The van der Waals surface area contributed by atoms with Gasteiger partial charge in [-0.2, -0.15) is 0 Å². The van der Waals surface area contributed by atoms with Crippen LogP contribution in [-0.2, 0) is 9.53 Å². The van der Waals surface area contributed by atoms with Gasteiger partial charge in [-0.3, -0.25) is 9.59 Å². The Morgan fingerprint density at radius 3 is 3.13 bits per heavy atom. The maximum atomic E-state index is 12.1. The van der Waals surface area contributed by atoms with Gasteiger partial charge in [0.2, 0.25) is 5.91 Å². The summed E-state index contributed by atoms with van der Waals surface area (Å²) in [6.45, 7) is 3.10. The Morgan fingerprint density at radius 1 is 1.52 bits per heavy atom. The van der Waals surface area contributed by atoms with Gasteiger partial charge in [-0.05, 0) is 31.9 Å². The molecular weight excluding hydrogens is 314 g/mol. The zero-order valence-corrected chi connectivity index (χ0v) is 13.7. The standard InChI is InChI=1S/C16H19N3O3S/c1-10(14(20)17-9-11-5-4-8-22-11)23-16-18-13-7-3-2-6-12(13)15(21)19-16/h2-3,6-7,10-11H,4-5,8-9H2,1H3,(H,17,20)(H,18,19,21)/t10-,11-/m1/s1. The van der Waals surface area contributed by atoms with Crippen LogP contribution in [0.5, 0.6) is 0 Å². The minimum Gasteiger partial charge on any atom is -0.376 e. The minimum absolute atomic E-state index is 0.0821. The van der Waals surface area contributed by atoms with Gasteiger partial charge >= 0.3 is 0 Å². The fourth-order valence-corrected chi connectivity index (χ4v) is 3.33. The predicted octanol–water partition coefficient (Wildman–Crippen LogP) is 1.70. The van der Waals surface area contributed by atoms with E-state index in [4.69, 9.17) is 4.74 Å².